The maximum Gasteiger partial charge on any atom is 0.0730 e. The van der Waals surface area contributed by atoms with Crippen molar-refractivity contribution in [1.29, 1.82) is 0 Å². The second kappa shape index (κ2) is 4.30. The SMILES string of the molecule is Cc1ccc(SOOO)cn1. The fraction of sp³-hybridized carbons (Fsp3) is 0.167. The topological polar surface area (TPSA) is 51.6 Å². The number of aryl methyl sites for hydroxylation is 1. The Morgan fingerprint density at radius 2 is 2.36 bits per heavy atom. The van der Waals surface area contributed by atoms with E-state index in [0.29, 0.717) is 0 Å². The molecule has 0 aliphatic rings. The molecule has 1 N–H and O–H groups in total. The summed E-state index contributed by atoms with van der Waals surface area (Å²) >= 11 is 0.894. The second-order valence-corrected chi connectivity index (χ2v) is 2.64. The molecule has 4 nitrogen and oxygen atoms in total. The quantitative estimate of drug-likeness (QED) is 0.429. The van der Waals surface area contributed by atoms with Crippen molar-refractivity contribution in [2.24, 2.45) is 0 Å². The summed E-state index contributed by atoms with van der Waals surface area (Å²) in [6.45, 7) is 1.89. The van der Waals surface area contributed by atoms with Crippen molar-refractivity contribution in [1.82, 2.24) is 4.98 Å². The van der Waals surface area contributed by atoms with E-state index >= 15 is 0 Å². The Balaban J connectivity index is 2.52. The highest BCUT2D eigenvalue weighted by Gasteiger charge is 1.94. The van der Waals surface area contributed by atoms with Crippen molar-refractivity contribution in [3.8, 4) is 0 Å². The molecule has 60 valence electrons. The standard InChI is InChI=1S/C6H7NO3S/c1-5-2-3-6(4-7-5)11-10-9-8/h2-4,8H,1H3. The van der Waals surface area contributed by atoms with Gasteiger partial charge in [0.1, 0.15) is 0 Å². The number of rotatable bonds is 3. The van der Waals surface area contributed by atoms with Crippen LogP contribution in [0.1, 0.15) is 5.69 Å². The van der Waals surface area contributed by atoms with E-state index in [1.807, 2.05) is 19.1 Å². The van der Waals surface area contributed by atoms with Gasteiger partial charge in [-0.2, -0.15) is 0 Å². The highest BCUT2D eigenvalue weighted by atomic mass is 32.2. The number of hydrogen-bond acceptors (Lipinski definition) is 5. The van der Waals surface area contributed by atoms with Crippen LogP contribution in [-0.4, -0.2) is 10.2 Å². The molecule has 1 aromatic heterocycles. The summed E-state index contributed by atoms with van der Waals surface area (Å²) in [5.74, 6) is 0. The van der Waals surface area contributed by atoms with E-state index in [4.69, 9.17) is 5.26 Å². The third-order valence-corrected chi connectivity index (χ3v) is 1.61. The van der Waals surface area contributed by atoms with Gasteiger partial charge in [0.15, 0.2) is 0 Å². The molecule has 0 saturated carbocycles. The van der Waals surface area contributed by atoms with Crippen LogP contribution in [0.25, 0.3) is 0 Å². The summed E-state index contributed by atoms with van der Waals surface area (Å²) in [5, 5.41) is 11.2. The van der Waals surface area contributed by atoms with E-state index in [1.165, 1.54) is 0 Å². The fourth-order valence-corrected chi connectivity index (χ4v) is 0.886. The van der Waals surface area contributed by atoms with Crippen LogP contribution in [0.3, 0.4) is 0 Å². The Kier molecular flexibility index (Phi) is 3.31. The largest absolute Gasteiger partial charge is 0.260 e. The van der Waals surface area contributed by atoms with Gasteiger partial charge in [0.25, 0.3) is 0 Å². The van der Waals surface area contributed by atoms with Gasteiger partial charge in [0, 0.05) is 11.9 Å². The van der Waals surface area contributed by atoms with E-state index in [1.54, 1.807) is 6.20 Å². The minimum absolute atomic E-state index is 0.768. The van der Waals surface area contributed by atoms with Crippen molar-refractivity contribution in [2.75, 3.05) is 0 Å². The van der Waals surface area contributed by atoms with Gasteiger partial charge in [-0.1, -0.05) is 5.04 Å². The molecule has 0 aliphatic carbocycles. The molecule has 0 atom stereocenters. The van der Waals surface area contributed by atoms with E-state index in [0.717, 1.165) is 22.6 Å². The molecule has 0 saturated heterocycles. The molecule has 11 heavy (non-hydrogen) atoms. The summed E-state index contributed by atoms with van der Waals surface area (Å²) in [4.78, 5) is 4.76. The summed E-state index contributed by atoms with van der Waals surface area (Å²) in [6, 6.07) is 3.65. The van der Waals surface area contributed by atoms with Crippen molar-refractivity contribution in [3.63, 3.8) is 0 Å². The molecule has 1 rings (SSSR count). The number of hydrogen-bond donors (Lipinski definition) is 1. The summed E-state index contributed by atoms with van der Waals surface area (Å²) in [6.07, 6.45) is 1.62. The van der Waals surface area contributed by atoms with Crippen LogP contribution in [0.2, 0.25) is 0 Å². The molecular formula is C6H7NO3S. The average molecular weight is 173 g/mol. The fourth-order valence-electron chi connectivity index (χ4n) is 0.558. The van der Waals surface area contributed by atoms with E-state index in [-0.39, 0.29) is 0 Å². The van der Waals surface area contributed by atoms with Crippen molar-refractivity contribution >= 4 is 12.0 Å². The normalized spacial score (nSPS) is 10.0. The van der Waals surface area contributed by atoms with E-state index in [9.17, 15) is 0 Å². The molecule has 1 heterocycles. The molecule has 0 amide bonds. The first kappa shape index (κ1) is 8.48. The van der Waals surface area contributed by atoms with Crippen LogP contribution < -0.4 is 0 Å². The van der Waals surface area contributed by atoms with Crippen LogP contribution in [-0.2, 0) is 9.37 Å². The van der Waals surface area contributed by atoms with Gasteiger partial charge in [-0.3, -0.25) is 4.98 Å². The second-order valence-electron chi connectivity index (χ2n) is 1.86. The monoisotopic (exact) mass is 173 g/mol. The minimum atomic E-state index is 0.768. The maximum absolute atomic E-state index is 7.82. The lowest BCUT2D eigenvalue weighted by molar-refractivity contribution is -0.432. The average Bonchev–Trinajstić information content (AvgIpc) is 2.04. The molecule has 0 unspecified atom stereocenters. The lowest BCUT2D eigenvalue weighted by Gasteiger charge is -1.95. The molecule has 0 aliphatic heterocycles. The first-order chi connectivity index (χ1) is 5.33. The molecular weight excluding hydrogens is 166 g/mol. The van der Waals surface area contributed by atoms with Gasteiger partial charge in [-0.25, -0.2) is 5.26 Å². The van der Waals surface area contributed by atoms with Crippen LogP contribution in [0.4, 0.5) is 0 Å². The Bertz CT molecular complexity index is 214. The molecule has 0 radical (unpaired) electrons. The molecule has 0 spiro atoms. The Hall–Kier alpha value is -0.620. The predicted octanol–water partition coefficient (Wildman–Crippen LogP) is 1.82. The van der Waals surface area contributed by atoms with Crippen LogP contribution in [0.5, 0.6) is 0 Å². The zero-order valence-corrected chi connectivity index (χ0v) is 6.67. The summed E-state index contributed by atoms with van der Waals surface area (Å²) in [5.41, 5.74) is 0.930. The zero-order valence-electron chi connectivity index (χ0n) is 5.85. The summed E-state index contributed by atoms with van der Waals surface area (Å²) in [7, 11) is 0. The van der Waals surface area contributed by atoms with E-state index < -0.39 is 0 Å². The third kappa shape index (κ3) is 2.85. The number of nitrogens with zero attached hydrogens (tertiary/aromatic N) is 1. The zero-order chi connectivity index (χ0) is 8.10. The molecule has 5 heteroatoms. The van der Waals surface area contributed by atoms with E-state index in [2.05, 4.69) is 14.4 Å². The third-order valence-electron chi connectivity index (χ3n) is 1.04. The van der Waals surface area contributed by atoms with Gasteiger partial charge >= 0.3 is 0 Å². The van der Waals surface area contributed by atoms with Crippen molar-refractivity contribution < 1.29 is 14.6 Å². The Morgan fingerprint density at radius 3 is 2.91 bits per heavy atom. The lowest BCUT2D eigenvalue weighted by atomic mass is 10.4. The smallest absolute Gasteiger partial charge is 0.0730 e. The molecule has 0 fully saturated rings. The first-order valence-corrected chi connectivity index (χ1v) is 3.64. The predicted molar refractivity (Wildman–Crippen MR) is 39.6 cm³/mol. The summed E-state index contributed by atoms with van der Waals surface area (Å²) < 4.78 is 4.19. The van der Waals surface area contributed by atoms with Gasteiger partial charge in [0.05, 0.1) is 16.9 Å². The minimum Gasteiger partial charge on any atom is -0.260 e. The van der Waals surface area contributed by atoms with Crippen LogP contribution in [0.15, 0.2) is 23.2 Å². The van der Waals surface area contributed by atoms with Crippen LogP contribution in [0, 0.1) is 6.92 Å². The Morgan fingerprint density at radius 1 is 1.55 bits per heavy atom. The van der Waals surface area contributed by atoms with Crippen molar-refractivity contribution in [3.05, 3.63) is 24.0 Å². The molecule has 0 bridgehead atoms. The lowest BCUT2D eigenvalue weighted by Crippen LogP contribution is -1.82. The Labute approximate surface area is 68.2 Å². The van der Waals surface area contributed by atoms with Gasteiger partial charge < -0.3 is 0 Å². The van der Waals surface area contributed by atoms with Crippen LogP contribution >= 0.6 is 12.0 Å². The highest BCUT2D eigenvalue weighted by molar-refractivity contribution is 7.94. The molecule has 1 aromatic rings. The highest BCUT2D eigenvalue weighted by Crippen LogP contribution is 2.17. The van der Waals surface area contributed by atoms with Gasteiger partial charge in [0.2, 0.25) is 0 Å². The number of pyridine rings is 1. The number of aromatic nitrogens is 1. The van der Waals surface area contributed by atoms with Gasteiger partial charge in [-0.05, 0) is 19.1 Å². The first-order valence-electron chi connectivity index (χ1n) is 2.90. The van der Waals surface area contributed by atoms with Gasteiger partial charge in [-0.15, -0.1) is 4.33 Å². The maximum atomic E-state index is 7.82. The molecule has 0 aromatic carbocycles. The van der Waals surface area contributed by atoms with Crippen molar-refractivity contribution in [2.45, 2.75) is 11.8 Å².